The molecular formula is C13H10BrF6N3S. The predicted octanol–water partition coefficient (Wildman–Crippen LogP) is 4.88. The van der Waals surface area contributed by atoms with Crippen LogP contribution in [0.15, 0.2) is 27.8 Å². The van der Waals surface area contributed by atoms with E-state index in [9.17, 15) is 26.3 Å². The highest BCUT2D eigenvalue weighted by atomic mass is 79.9. The monoisotopic (exact) mass is 433 g/mol. The second-order valence-electron chi connectivity index (χ2n) is 5.32. The molecule has 0 aliphatic carbocycles. The molecule has 1 aromatic rings. The lowest BCUT2D eigenvalue weighted by atomic mass is 9.96. The van der Waals surface area contributed by atoms with Crippen LogP contribution in [0.3, 0.4) is 0 Å². The summed E-state index contributed by atoms with van der Waals surface area (Å²) < 4.78 is 76.5. The number of halogens is 7. The number of nitrogens with zero attached hydrogens (tertiary/aromatic N) is 1. The number of hydrogen-bond acceptors (Lipinski definition) is 3. The molecule has 1 unspecified atom stereocenters. The second kappa shape index (κ2) is 6.17. The third-order valence-corrected chi connectivity index (χ3v) is 4.56. The summed E-state index contributed by atoms with van der Waals surface area (Å²) >= 11 is 7.85. The summed E-state index contributed by atoms with van der Waals surface area (Å²) in [7, 11) is 0. The van der Waals surface area contributed by atoms with E-state index in [1.807, 2.05) is 0 Å². The molecule has 0 amide bonds. The molecule has 2 N–H and O–H groups in total. The molecule has 0 saturated heterocycles. The van der Waals surface area contributed by atoms with Crippen LogP contribution >= 0.6 is 28.1 Å². The van der Waals surface area contributed by atoms with Crippen LogP contribution in [0, 0.1) is 0 Å². The third kappa shape index (κ3) is 4.00. The molecule has 2 rings (SSSR count). The van der Waals surface area contributed by atoms with E-state index in [2.05, 4.69) is 31.8 Å². The van der Waals surface area contributed by atoms with E-state index in [4.69, 9.17) is 12.2 Å². The fourth-order valence-corrected chi connectivity index (χ4v) is 2.70. The van der Waals surface area contributed by atoms with Crippen molar-refractivity contribution >= 4 is 44.5 Å². The van der Waals surface area contributed by atoms with Crippen molar-refractivity contribution in [3.8, 4) is 0 Å². The maximum absolute atomic E-state index is 12.9. The van der Waals surface area contributed by atoms with Gasteiger partial charge in [-0.05, 0) is 25.1 Å². The Morgan fingerprint density at radius 2 is 1.88 bits per heavy atom. The summed E-state index contributed by atoms with van der Waals surface area (Å²) in [5, 5.41) is 5.76. The molecular weight excluding hydrogens is 424 g/mol. The molecule has 132 valence electrons. The fourth-order valence-electron chi connectivity index (χ4n) is 1.99. The minimum Gasteiger partial charge on any atom is -0.348 e. The molecule has 24 heavy (non-hydrogen) atoms. The number of thiocarbonyl (C=S) groups is 1. The van der Waals surface area contributed by atoms with Crippen LogP contribution in [0.5, 0.6) is 0 Å². The molecule has 1 heterocycles. The highest BCUT2D eigenvalue weighted by molar-refractivity contribution is 9.10. The summed E-state index contributed by atoms with van der Waals surface area (Å²) in [5.41, 5.74) is -0.981. The van der Waals surface area contributed by atoms with Crippen molar-refractivity contribution in [1.82, 2.24) is 5.43 Å². The zero-order valence-electron chi connectivity index (χ0n) is 11.9. The molecule has 0 fully saturated rings. The van der Waals surface area contributed by atoms with Gasteiger partial charge in [0.1, 0.15) is 16.2 Å². The predicted molar refractivity (Wildman–Crippen MR) is 85.0 cm³/mol. The van der Waals surface area contributed by atoms with Crippen molar-refractivity contribution in [2.75, 3.05) is 5.32 Å². The smallest absolute Gasteiger partial charge is 0.348 e. The van der Waals surface area contributed by atoms with Gasteiger partial charge in [0.05, 0.1) is 5.56 Å². The van der Waals surface area contributed by atoms with Crippen LogP contribution in [-0.4, -0.2) is 22.4 Å². The lowest BCUT2D eigenvalue weighted by molar-refractivity contribution is -0.138. The standard InChI is InChI=1S/C13H10BrF6N3S/c1-11(5-9(22-23-11)13(18,19)20)10(24)21-6-2-3-8(14)7(4-6)12(15,16)17/h2-4,23H,5H2,1H3,(H,21,24). The Hall–Kier alpha value is -1.36. The first kappa shape index (κ1) is 19.0. The van der Waals surface area contributed by atoms with Gasteiger partial charge in [0.2, 0.25) is 0 Å². The van der Waals surface area contributed by atoms with Gasteiger partial charge < -0.3 is 5.32 Å². The number of hydrogen-bond donors (Lipinski definition) is 2. The molecule has 0 spiro atoms. The van der Waals surface area contributed by atoms with Crippen molar-refractivity contribution in [2.45, 2.75) is 31.2 Å². The Labute approximate surface area is 146 Å². The van der Waals surface area contributed by atoms with Crippen LogP contribution in [0.2, 0.25) is 0 Å². The Morgan fingerprint density at radius 1 is 1.25 bits per heavy atom. The van der Waals surface area contributed by atoms with Gasteiger partial charge in [-0.15, -0.1) is 0 Å². The maximum atomic E-state index is 12.9. The van der Waals surface area contributed by atoms with Crippen molar-refractivity contribution in [3.05, 3.63) is 28.2 Å². The summed E-state index contributed by atoms with van der Waals surface area (Å²) in [4.78, 5) is -0.0963. The molecule has 11 heteroatoms. The van der Waals surface area contributed by atoms with Gasteiger partial charge in [-0.25, -0.2) is 0 Å². The number of alkyl halides is 6. The van der Waals surface area contributed by atoms with Crippen LogP contribution in [0.1, 0.15) is 18.9 Å². The zero-order valence-corrected chi connectivity index (χ0v) is 14.3. The van der Waals surface area contributed by atoms with E-state index in [0.29, 0.717) is 0 Å². The molecule has 0 aromatic heterocycles. The van der Waals surface area contributed by atoms with Gasteiger partial charge in [0.15, 0.2) is 0 Å². The normalized spacial score (nSPS) is 21.2. The Bertz CT molecular complexity index is 700. The van der Waals surface area contributed by atoms with E-state index >= 15 is 0 Å². The second-order valence-corrected chi connectivity index (χ2v) is 6.59. The van der Waals surface area contributed by atoms with Crippen LogP contribution in [-0.2, 0) is 6.18 Å². The third-order valence-electron chi connectivity index (χ3n) is 3.32. The quantitative estimate of drug-likeness (QED) is 0.515. The van der Waals surface area contributed by atoms with Gasteiger partial charge >= 0.3 is 12.4 Å². The molecule has 0 bridgehead atoms. The highest BCUT2D eigenvalue weighted by Crippen LogP contribution is 2.37. The number of benzene rings is 1. The molecule has 3 nitrogen and oxygen atoms in total. The van der Waals surface area contributed by atoms with Gasteiger partial charge in [-0.2, -0.15) is 31.4 Å². The Morgan fingerprint density at radius 3 is 2.38 bits per heavy atom. The highest BCUT2D eigenvalue weighted by Gasteiger charge is 2.46. The van der Waals surface area contributed by atoms with Crippen LogP contribution in [0.4, 0.5) is 32.0 Å². The summed E-state index contributed by atoms with van der Waals surface area (Å²) in [6.07, 6.45) is -9.70. The number of anilines is 1. The fraction of sp³-hybridized carbons (Fsp3) is 0.385. The SMILES string of the molecule is CC1(C(=S)Nc2ccc(Br)c(C(F)(F)F)c2)CC(C(F)(F)F)=NN1. The van der Waals surface area contributed by atoms with Crippen molar-refractivity contribution in [1.29, 1.82) is 0 Å². The minimum absolute atomic E-state index is 0.0130. The van der Waals surface area contributed by atoms with Gasteiger partial charge in [0.25, 0.3) is 0 Å². The lowest BCUT2D eigenvalue weighted by Gasteiger charge is -2.26. The summed E-state index contributed by atoms with van der Waals surface area (Å²) in [6, 6.07) is 3.32. The average Bonchev–Trinajstić information content (AvgIpc) is 2.84. The molecule has 1 aromatic carbocycles. The number of nitrogens with one attached hydrogen (secondary N) is 2. The minimum atomic E-state index is -4.60. The maximum Gasteiger partial charge on any atom is 0.431 e. The largest absolute Gasteiger partial charge is 0.431 e. The number of hydrazone groups is 1. The van der Waals surface area contributed by atoms with Crippen LogP contribution in [0.25, 0.3) is 0 Å². The molecule has 1 aliphatic rings. The van der Waals surface area contributed by atoms with E-state index in [1.54, 1.807) is 0 Å². The Kier molecular flexibility index (Phi) is 4.88. The first-order valence-electron chi connectivity index (χ1n) is 6.42. The Balaban J connectivity index is 2.17. The van der Waals surface area contributed by atoms with E-state index < -0.39 is 35.6 Å². The number of rotatable bonds is 2. The lowest BCUT2D eigenvalue weighted by Crippen LogP contribution is -2.47. The summed E-state index contributed by atoms with van der Waals surface area (Å²) in [6.45, 7) is 1.38. The topological polar surface area (TPSA) is 36.4 Å². The van der Waals surface area contributed by atoms with Gasteiger partial charge in [-0.3, -0.25) is 5.43 Å². The van der Waals surface area contributed by atoms with Crippen molar-refractivity contribution in [3.63, 3.8) is 0 Å². The molecule has 0 radical (unpaired) electrons. The van der Waals surface area contributed by atoms with E-state index in [-0.39, 0.29) is 15.1 Å². The van der Waals surface area contributed by atoms with Crippen molar-refractivity contribution in [2.24, 2.45) is 5.10 Å². The first-order valence-corrected chi connectivity index (χ1v) is 7.62. The van der Waals surface area contributed by atoms with E-state index in [1.165, 1.54) is 19.1 Å². The van der Waals surface area contributed by atoms with Gasteiger partial charge in [0, 0.05) is 16.6 Å². The van der Waals surface area contributed by atoms with Crippen molar-refractivity contribution < 1.29 is 26.3 Å². The van der Waals surface area contributed by atoms with Gasteiger partial charge in [-0.1, -0.05) is 28.1 Å². The molecule has 1 atom stereocenters. The molecule has 0 saturated carbocycles. The summed E-state index contributed by atoms with van der Waals surface area (Å²) in [5.74, 6) is 0. The van der Waals surface area contributed by atoms with E-state index in [0.717, 1.165) is 6.07 Å². The van der Waals surface area contributed by atoms with Crippen LogP contribution < -0.4 is 10.7 Å². The first-order chi connectivity index (χ1) is 10.8. The molecule has 1 aliphatic heterocycles. The zero-order chi connectivity index (χ0) is 18.3. The average molecular weight is 434 g/mol.